The van der Waals surface area contributed by atoms with Gasteiger partial charge in [0.05, 0.1) is 0 Å². The van der Waals surface area contributed by atoms with Crippen LogP contribution in [-0.2, 0) is 4.79 Å². The second kappa shape index (κ2) is 9.65. The van der Waals surface area contributed by atoms with Gasteiger partial charge in [-0.2, -0.15) is 0 Å². The van der Waals surface area contributed by atoms with Gasteiger partial charge in [0.15, 0.2) is 5.78 Å². The summed E-state index contributed by atoms with van der Waals surface area (Å²) in [4.78, 5) is 23.7. The standard InChI is InChI=1S/C21H24N2O3/c1-15(2)20(25)22-13-6-14-23-21(26)18-11-9-17(10-12-18)19(24)16-7-4-3-5-8-16/h3-5,7-12,21,23,26H,1,6,13-14H2,2H3,(H,22,25). The van der Waals surface area contributed by atoms with Crippen LogP contribution in [0, 0.1) is 0 Å². The first-order valence-corrected chi connectivity index (χ1v) is 8.54. The number of hydrogen-bond acceptors (Lipinski definition) is 4. The summed E-state index contributed by atoms with van der Waals surface area (Å²) < 4.78 is 0. The highest BCUT2D eigenvalue weighted by atomic mass is 16.3. The number of benzene rings is 2. The van der Waals surface area contributed by atoms with Gasteiger partial charge >= 0.3 is 0 Å². The lowest BCUT2D eigenvalue weighted by molar-refractivity contribution is -0.117. The molecule has 5 nitrogen and oxygen atoms in total. The third-order valence-electron chi connectivity index (χ3n) is 3.89. The van der Waals surface area contributed by atoms with E-state index in [9.17, 15) is 14.7 Å². The van der Waals surface area contributed by atoms with E-state index in [0.717, 1.165) is 0 Å². The Bertz CT molecular complexity index is 755. The van der Waals surface area contributed by atoms with E-state index in [2.05, 4.69) is 17.2 Å². The Morgan fingerprint density at radius 3 is 2.23 bits per heavy atom. The zero-order valence-electron chi connectivity index (χ0n) is 14.9. The molecule has 2 aromatic carbocycles. The second-order valence-electron chi connectivity index (χ2n) is 6.06. The lowest BCUT2D eigenvalue weighted by Crippen LogP contribution is -2.29. The minimum absolute atomic E-state index is 0.0483. The van der Waals surface area contributed by atoms with E-state index in [1.165, 1.54) is 0 Å². The monoisotopic (exact) mass is 352 g/mol. The van der Waals surface area contributed by atoms with Crippen molar-refractivity contribution in [1.82, 2.24) is 10.6 Å². The molecule has 0 fully saturated rings. The number of ketones is 1. The SMILES string of the molecule is C=C(C)C(=O)NCCCNC(O)c1ccc(C(=O)c2ccccc2)cc1. The molecule has 0 saturated heterocycles. The zero-order valence-corrected chi connectivity index (χ0v) is 14.9. The lowest BCUT2D eigenvalue weighted by Gasteiger charge is -2.14. The van der Waals surface area contributed by atoms with Gasteiger partial charge in [0.1, 0.15) is 6.23 Å². The molecular formula is C21H24N2O3. The number of aliphatic hydroxyl groups is 1. The van der Waals surface area contributed by atoms with E-state index in [-0.39, 0.29) is 11.7 Å². The van der Waals surface area contributed by atoms with E-state index in [0.29, 0.717) is 41.8 Å². The van der Waals surface area contributed by atoms with E-state index in [4.69, 9.17) is 0 Å². The van der Waals surface area contributed by atoms with Crippen LogP contribution < -0.4 is 10.6 Å². The average molecular weight is 352 g/mol. The first-order chi connectivity index (χ1) is 12.5. The summed E-state index contributed by atoms with van der Waals surface area (Å²) in [5.74, 6) is -0.211. The third kappa shape index (κ3) is 5.65. The van der Waals surface area contributed by atoms with Crippen LogP contribution in [0.15, 0.2) is 66.7 Å². The van der Waals surface area contributed by atoms with E-state index < -0.39 is 6.23 Å². The predicted octanol–water partition coefficient (Wildman–Crippen LogP) is 2.58. The Morgan fingerprint density at radius 1 is 1.00 bits per heavy atom. The molecule has 0 radical (unpaired) electrons. The number of rotatable bonds is 9. The molecule has 5 heteroatoms. The largest absolute Gasteiger partial charge is 0.374 e. The molecule has 0 aliphatic heterocycles. The number of carbonyl (C=O) groups excluding carboxylic acids is 2. The Kier molecular flexibility index (Phi) is 7.26. The molecule has 0 spiro atoms. The Morgan fingerprint density at radius 2 is 1.62 bits per heavy atom. The zero-order chi connectivity index (χ0) is 18.9. The van der Waals surface area contributed by atoms with Crippen molar-refractivity contribution in [1.29, 1.82) is 0 Å². The quantitative estimate of drug-likeness (QED) is 0.280. The van der Waals surface area contributed by atoms with Gasteiger partial charge in [0, 0.05) is 23.2 Å². The van der Waals surface area contributed by atoms with Crippen LogP contribution in [0.1, 0.15) is 41.1 Å². The fourth-order valence-corrected chi connectivity index (χ4v) is 2.37. The van der Waals surface area contributed by atoms with Gasteiger partial charge in [-0.05, 0) is 25.5 Å². The highest BCUT2D eigenvalue weighted by molar-refractivity contribution is 6.08. The molecule has 0 aliphatic rings. The molecule has 2 aromatic rings. The minimum atomic E-state index is -0.826. The molecule has 26 heavy (non-hydrogen) atoms. The summed E-state index contributed by atoms with van der Waals surface area (Å²) in [5.41, 5.74) is 2.37. The van der Waals surface area contributed by atoms with Crippen molar-refractivity contribution < 1.29 is 14.7 Å². The fourth-order valence-electron chi connectivity index (χ4n) is 2.37. The van der Waals surface area contributed by atoms with Gasteiger partial charge in [-0.15, -0.1) is 0 Å². The summed E-state index contributed by atoms with van der Waals surface area (Å²) in [6, 6.07) is 16.0. The first-order valence-electron chi connectivity index (χ1n) is 8.54. The summed E-state index contributed by atoms with van der Waals surface area (Å²) in [6.07, 6.45) is -0.145. The molecule has 0 bridgehead atoms. The second-order valence-corrected chi connectivity index (χ2v) is 6.06. The Hall–Kier alpha value is -2.76. The van der Waals surface area contributed by atoms with Gasteiger partial charge < -0.3 is 10.4 Å². The van der Waals surface area contributed by atoms with Crippen LogP contribution in [-0.4, -0.2) is 29.9 Å². The van der Waals surface area contributed by atoms with Gasteiger partial charge in [0.2, 0.25) is 5.91 Å². The number of hydrogen-bond donors (Lipinski definition) is 3. The van der Waals surface area contributed by atoms with E-state index >= 15 is 0 Å². The highest BCUT2D eigenvalue weighted by Crippen LogP contribution is 2.14. The Labute approximate surface area is 153 Å². The van der Waals surface area contributed by atoms with E-state index in [1.54, 1.807) is 43.3 Å². The molecule has 0 heterocycles. The molecule has 3 N–H and O–H groups in total. The normalized spacial score (nSPS) is 11.6. The third-order valence-corrected chi connectivity index (χ3v) is 3.89. The molecule has 0 saturated carbocycles. The average Bonchev–Trinajstić information content (AvgIpc) is 2.67. The van der Waals surface area contributed by atoms with Crippen molar-refractivity contribution in [3.05, 3.63) is 83.4 Å². The van der Waals surface area contributed by atoms with Crippen LogP contribution in [0.4, 0.5) is 0 Å². The maximum Gasteiger partial charge on any atom is 0.246 e. The molecule has 0 aliphatic carbocycles. The van der Waals surface area contributed by atoms with Crippen LogP contribution in [0.3, 0.4) is 0 Å². The topological polar surface area (TPSA) is 78.4 Å². The predicted molar refractivity (Wildman–Crippen MR) is 102 cm³/mol. The lowest BCUT2D eigenvalue weighted by atomic mass is 10.0. The van der Waals surface area contributed by atoms with Crippen molar-refractivity contribution in [2.24, 2.45) is 0 Å². The minimum Gasteiger partial charge on any atom is -0.374 e. The first kappa shape index (κ1) is 19.6. The molecule has 1 atom stereocenters. The summed E-state index contributed by atoms with van der Waals surface area (Å²) in [5, 5.41) is 15.9. The maximum atomic E-state index is 12.4. The number of nitrogens with one attached hydrogen (secondary N) is 2. The molecular weight excluding hydrogens is 328 g/mol. The Balaban J connectivity index is 1.81. The number of carbonyl (C=O) groups is 2. The van der Waals surface area contributed by atoms with Gasteiger partial charge in [-0.1, -0.05) is 61.2 Å². The van der Waals surface area contributed by atoms with Crippen molar-refractivity contribution in [3.8, 4) is 0 Å². The fraction of sp³-hybridized carbons (Fsp3) is 0.238. The molecule has 2 rings (SSSR count). The maximum absolute atomic E-state index is 12.4. The molecule has 136 valence electrons. The van der Waals surface area contributed by atoms with Gasteiger partial charge in [-0.3, -0.25) is 14.9 Å². The van der Waals surface area contributed by atoms with Crippen LogP contribution >= 0.6 is 0 Å². The molecule has 1 amide bonds. The molecule has 0 aromatic heterocycles. The smallest absolute Gasteiger partial charge is 0.246 e. The van der Waals surface area contributed by atoms with E-state index in [1.807, 2.05) is 18.2 Å². The van der Waals surface area contributed by atoms with Crippen LogP contribution in [0.5, 0.6) is 0 Å². The van der Waals surface area contributed by atoms with Crippen LogP contribution in [0.25, 0.3) is 0 Å². The van der Waals surface area contributed by atoms with Crippen LogP contribution in [0.2, 0.25) is 0 Å². The van der Waals surface area contributed by atoms with Gasteiger partial charge in [0.25, 0.3) is 0 Å². The van der Waals surface area contributed by atoms with Crippen molar-refractivity contribution in [2.45, 2.75) is 19.6 Å². The van der Waals surface area contributed by atoms with Crippen molar-refractivity contribution in [3.63, 3.8) is 0 Å². The van der Waals surface area contributed by atoms with Crippen molar-refractivity contribution >= 4 is 11.7 Å². The molecule has 1 unspecified atom stereocenters. The van der Waals surface area contributed by atoms with Crippen molar-refractivity contribution in [2.75, 3.05) is 13.1 Å². The van der Waals surface area contributed by atoms with Gasteiger partial charge in [-0.25, -0.2) is 0 Å². The summed E-state index contributed by atoms with van der Waals surface area (Å²) in [6.45, 7) is 6.28. The number of aliphatic hydroxyl groups excluding tert-OH is 1. The summed E-state index contributed by atoms with van der Waals surface area (Å²) >= 11 is 0. The number of amides is 1. The summed E-state index contributed by atoms with van der Waals surface area (Å²) in [7, 11) is 0. The highest BCUT2D eigenvalue weighted by Gasteiger charge is 2.11.